The van der Waals surface area contributed by atoms with Crippen LogP contribution in [0.2, 0.25) is 0 Å². The molecule has 0 radical (unpaired) electrons. The maximum atomic E-state index is 9.44. The highest BCUT2D eigenvalue weighted by Crippen LogP contribution is 2.24. The van der Waals surface area contributed by atoms with Gasteiger partial charge in [0.25, 0.3) is 0 Å². The number of nitrogens with zero attached hydrogens (tertiary/aromatic N) is 1. The van der Waals surface area contributed by atoms with Crippen molar-refractivity contribution in [2.24, 2.45) is 0 Å². The van der Waals surface area contributed by atoms with Gasteiger partial charge < -0.3 is 15.4 Å². The van der Waals surface area contributed by atoms with Crippen LogP contribution in [0.25, 0.3) is 0 Å². The van der Waals surface area contributed by atoms with Crippen LogP contribution >= 0.6 is 15.9 Å². The van der Waals surface area contributed by atoms with Crippen molar-refractivity contribution in [1.82, 2.24) is 15.3 Å². The van der Waals surface area contributed by atoms with E-state index >= 15 is 0 Å². The maximum absolute atomic E-state index is 9.44. The Morgan fingerprint density at radius 1 is 1.50 bits per heavy atom. The number of rotatable bonds is 5. The molecule has 96 valence electrons. The van der Waals surface area contributed by atoms with Gasteiger partial charge in [-0.3, -0.25) is 0 Å². The van der Waals surface area contributed by atoms with Crippen molar-refractivity contribution < 1.29 is 5.11 Å². The molecule has 2 rings (SSSR count). The normalized spacial score (nSPS) is 12.6. The van der Waals surface area contributed by atoms with E-state index in [4.69, 9.17) is 0 Å². The van der Waals surface area contributed by atoms with Crippen molar-refractivity contribution >= 4 is 15.9 Å². The minimum atomic E-state index is 0.215. The van der Waals surface area contributed by atoms with Gasteiger partial charge in [0.15, 0.2) is 0 Å². The molecule has 2 aromatic rings. The number of benzene rings is 1. The van der Waals surface area contributed by atoms with Crippen LogP contribution in [0.1, 0.15) is 30.8 Å². The third kappa shape index (κ3) is 3.11. The van der Waals surface area contributed by atoms with Crippen molar-refractivity contribution in [1.29, 1.82) is 0 Å². The molecule has 18 heavy (non-hydrogen) atoms. The number of aromatic nitrogens is 2. The Kier molecular flexibility index (Phi) is 4.38. The van der Waals surface area contributed by atoms with E-state index in [1.807, 2.05) is 18.3 Å². The molecule has 0 aliphatic rings. The average Bonchev–Trinajstić information content (AvgIpc) is 2.88. The third-order valence-electron chi connectivity index (χ3n) is 2.82. The van der Waals surface area contributed by atoms with Gasteiger partial charge in [0.05, 0.1) is 10.5 Å². The van der Waals surface area contributed by atoms with Gasteiger partial charge in [0.2, 0.25) is 0 Å². The molecule has 0 saturated carbocycles. The van der Waals surface area contributed by atoms with E-state index in [1.165, 1.54) is 0 Å². The summed E-state index contributed by atoms with van der Waals surface area (Å²) in [6, 6.07) is 5.72. The number of phenols is 1. The first-order chi connectivity index (χ1) is 8.70. The molecule has 0 bridgehead atoms. The summed E-state index contributed by atoms with van der Waals surface area (Å²) in [5.74, 6) is 1.21. The van der Waals surface area contributed by atoms with Gasteiger partial charge in [-0.25, -0.2) is 4.98 Å². The largest absolute Gasteiger partial charge is 0.507 e. The molecule has 5 heteroatoms. The minimum Gasteiger partial charge on any atom is -0.507 e. The van der Waals surface area contributed by atoms with E-state index in [-0.39, 0.29) is 11.8 Å². The van der Waals surface area contributed by atoms with Crippen LogP contribution in [0.15, 0.2) is 35.1 Å². The number of imidazole rings is 1. The van der Waals surface area contributed by atoms with Gasteiger partial charge in [-0.2, -0.15) is 0 Å². The van der Waals surface area contributed by atoms with Gasteiger partial charge in [0.1, 0.15) is 11.6 Å². The second-order valence-corrected chi connectivity index (χ2v) is 4.96. The Morgan fingerprint density at radius 3 is 2.94 bits per heavy atom. The van der Waals surface area contributed by atoms with E-state index in [1.54, 1.807) is 12.3 Å². The summed E-state index contributed by atoms with van der Waals surface area (Å²) in [6.07, 6.45) is 4.56. The highest BCUT2D eigenvalue weighted by molar-refractivity contribution is 9.10. The molecule has 1 aromatic carbocycles. The summed E-state index contributed by atoms with van der Waals surface area (Å²) in [6.45, 7) is 2.85. The summed E-state index contributed by atoms with van der Waals surface area (Å²) in [7, 11) is 0. The highest BCUT2D eigenvalue weighted by Gasteiger charge is 2.10. The van der Waals surface area contributed by atoms with Crippen LogP contribution in [0, 0.1) is 0 Å². The molecular weight excluding hydrogens is 294 g/mol. The highest BCUT2D eigenvalue weighted by atomic mass is 79.9. The first-order valence-electron chi connectivity index (χ1n) is 5.90. The zero-order valence-corrected chi connectivity index (χ0v) is 11.7. The lowest BCUT2D eigenvalue weighted by molar-refractivity contribution is 0.470. The van der Waals surface area contributed by atoms with Crippen LogP contribution < -0.4 is 5.32 Å². The van der Waals surface area contributed by atoms with Crippen molar-refractivity contribution in [3.63, 3.8) is 0 Å². The summed E-state index contributed by atoms with van der Waals surface area (Å²) >= 11 is 3.31. The fourth-order valence-corrected chi connectivity index (χ4v) is 2.23. The number of aromatic hydroxyl groups is 1. The van der Waals surface area contributed by atoms with Crippen molar-refractivity contribution in [3.8, 4) is 5.75 Å². The van der Waals surface area contributed by atoms with Crippen molar-refractivity contribution in [2.75, 3.05) is 0 Å². The quantitative estimate of drug-likeness (QED) is 0.795. The van der Waals surface area contributed by atoms with E-state index < -0.39 is 0 Å². The first kappa shape index (κ1) is 13.1. The zero-order valence-electron chi connectivity index (χ0n) is 10.2. The number of phenolic OH excluding ortho intramolecular Hbond substituents is 1. The third-order valence-corrected chi connectivity index (χ3v) is 3.46. The van der Waals surface area contributed by atoms with E-state index in [0.717, 1.165) is 24.4 Å². The van der Waals surface area contributed by atoms with Crippen molar-refractivity contribution in [2.45, 2.75) is 25.9 Å². The predicted molar refractivity (Wildman–Crippen MR) is 74.3 cm³/mol. The molecule has 4 nitrogen and oxygen atoms in total. The van der Waals surface area contributed by atoms with E-state index in [2.05, 4.69) is 38.1 Å². The summed E-state index contributed by atoms with van der Waals surface area (Å²) in [4.78, 5) is 7.39. The van der Waals surface area contributed by atoms with Gasteiger partial charge in [0, 0.05) is 18.9 Å². The number of hydrogen-bond donors (Lipinski definition) is 3. The summed E-state index contributed by atoms with van der Waals surface area (Å²) < 4.78 is 0.716. The van der Waals surface area contributed by atoms with Gasteiger partial charge in [-0.15, -0.1) is 0 Å². The minimum absolute atomic E-state index is 0.215. The second-order valence-electron chi connectivity index (χ2n) is 4.10. The molecule has 0 spiro atoms. The topological polar surface area (TPSA) is 60.9 Å². The lowest BCUT2D eigenvalue weighted by atomic mass is 10.1. The van der Waals surface area contributed by atoms with Crippen LogP contribution in [0.3, 0.4) is 0 Å². The van der Waals surface area contributed by atoms with Gasteiger partial charge in [-0.05, 0) is 40.0 Å². The monoisotopic (exact) mass is 309 g/mol. The molecule has 0 aliphatic carbocycles. The summed E-state index contributed by atoms with van der Waals surface area (Å²) in [5, 5.41) is 12.9. The van der Waals surface area contributed by atoms with Crippen LogP contribution in [0.4, 0.5) is 0 Å². The molecule has 0 aliphatic heterocycles. The number of aromatic amines is 1. The van der Waals surface area contributed by atoms with Crippen LogP contribution in [-0.4, -0.2) is 15.1 Å². The zero-order chi connectivity index (χ0) is 13.0. The Morgan fingerprint density at radius 2 is 2.33 bits per heavy atom. The standard InChI is InChI=1S/C13H16BrN3O/c1-2-11(13-15-5-6-16-13)17-8-9-3-4-12(18)10(14)7-9/h3-7,11,17-18H,2,8H2,1H3,(H,15,16). The SMILES string of the molecule is CCC(NCc1ccc(O)c(Br)c1)c1ncc[nH]1. The Hall–Kier alpha value is -1.33. The van der Waals surface area contributed by atoms with Crippen LogP contribution in [-0.2, 0) is 6.54 Å². The molecule has 1 atom stereocenters. The number of H-pyrrole nitrogens is 1. The number of halogens is 1. The molecule has 1 heterocycles. The number of hydrogen-bond acceptors (Lipinski definition) is 3. The predicted octanol–water partition coefficient (Wildman–Crippen LogP) is 3.12. The molecule has 1 aromatic heterocycles. The average molecular weight is 310 g/mol. The lowest BCUT2D eigenvalue weighted by Gasteiger charge is -2.14. The first-order valence-corrected chi connectivity index (χ1v) is 6.70. The molecular formula is C13H16BrN3O. The van der Waals surface area contributed by atoms with Crippen LogP contribution in [0.5, 0.6) is 5.75 Å². The second kappa shape index (κ2) is 6.02. The Labute approximate surface area is 115 Å². The molecule has 0 saturated heterocycles. The Balaban J connectivity index is 1.99. The molecule has 0 amide bonds. The van der Waals surface area contributed by atoms with Gasteiger partial charge in [-0.1, -0.05) is 13.0 Å². The smallest absolute Gasteiger partial charge is 0.129 e. The lowest BCUT2D eigenvalue weighted by Crippen LogP contribution is -2.21. The maximum Gasteiger partial charge on any atom is 0.129 e. The van der Waals surface area contributed by atoms with Gasteiger partial charge >= 0.3 is 0 Å². The Bertz CT molecular complexity index is 499. The number of nitrogens with one attached hydrogen (secondary N) is 2. The summed E-state index contributed by atoms with van der Waals surface area (Å²) in [5.41, 5.74) is 1.12. The van der Waals surface area contributed by atoms with E-state index in [0.29, 0.717) is 4.47 Å². The fraction of sp³-hybridized carbons (Fsp3) is 0.308. The molecule has 3 N–H and O–H groups in total. The van der Waals surface area contributed by atoms with E-state index in [9.17, 15) is 5.11 Å². The van der Waals surface area contributed by atoms with Crippen molar-refractivity contribution in [3.05, 3.63) is 46.5 Å². The molecule has 0 fully saturated rings. The fourth-order valence-electron chi connectivity index (χ4n) is 1.80. The molecule has 1 unspecified atom stereocenters.